The Labute approximate surface area is 130 Å². The van der Waals surface area contributed by atoms with Crippen LogP contribution in [0.1, 0.15) is 50.4 Å². The van der Waals surface area contributed by atoms with E-state index in [0.29, 0.717) is 17.2 Å². The van der Waals surface area contributed by atoms with Gasteiger partial charge in [-0.25, -0.2) is 4.98 Å². The standard InChI is InChI=1S/C16H22ClN3O/c1-15(2)9-4-5-16(3,7-9)14(15)20-13(21)10-6-12(17)19-8-11(10)18/h6,8-9,14H,4-5,7,18H2,1-3H3,(H,20,21). The van der Waals surface area contributed by atoms with Crippen molar-refractivity contribution in [3.63, 3.8) is 0 Å². The van der Waals surface area contributed by atoms with Gasteiger partial charge < -0.3 is 11.1 Å². The number of nitrogens with one attached hydrogen (secondary N) is 1. The van der Waals surface area contributed by atoms with Gasteiger partial charge in [0.05, 0.1) is 17.4 Å². The van der Waals surface area contributed by atoms with Gasteiger partial charge in [-0.1, -0.05) is 32.4 Å². The maximum Gasteiger partial charge on any atom is 0.253 e. The van der Waals surface area contributed by atoms with Crippen LogP contribution in [0.25, 0.3) is 0 Å². The minimum atomic E-state index is -0.149. The minimum Gasteiger partial charge on any atom is -0.397 e. The zero-order valence-corrected chi connectivity index (χ0v) is 13.5. The van der Waals surface area contributed by atoms with Crippen LogP contribution in [0.15, 0.2) is 12.3 Å². The van der Waals surface area contributed by atoms with Crippen molar-refractivity contribution in [2.75, 3.05) is 5.73 Å². The molecule has 1 heterocycles. The van der Waals surface area contributed by atoms with E-state index in [0.717, 1.165) is 0 Å². The molecule has 2 fully saturated rings. The van der Waals surface area contributed by atoms with Crippen molar-refractivity contribution in [3.05, 3.63) is 23.0 Å². The van der Waals surface area contributed by atoms with Gasteiger partial charge in [-0.15, -0.1) is 0 Å². The Kier molecular flexibility index (Phi) is 3.21. The molecule has 1 aromatic rings. The van der Waals surface area contributed by atoms with E-state index in [1.165, 1.54) is 31.5 Å². The summed E-state index contributed by atoms with van der Waals surface area (Å²) in [7, 11) is 0. The largest absolute Gasteiger partial charge is 0.397 e. The molecule has 5 heteroatoms. The number of nitrogens with two attached hydrogens (primary N) is 1. The Morgan fingerprint density at radius 1 is 1.48 bits per heavy atom. The summed E-state index contributed by atoms with van der Waals surface area (Å²) in [6, 6.07) is 1.71. The normalized spacial score (nSPS) is 33.1. The van der Waals surface area contributed by atoms with Crippen molar-refractivity contribution >= 4 is 23.2 Å². The molecule has 114 valence electrons. The number of amides is 1. The Bertz CT molecular complexity index is 596. The molecule has 1 amide bonds. The van der Waals surface area contributed by atoms with Crippen molar-refractivity contribution in [3.8, 4) is 0 Å². The predicted octanol–water partition coefficient (Wildman–Crippen LogP) is 3.26. The number of carbonyl (C=O) groups excluding carboxylic acids is 1. The molecule has 0 spiro atoms. The molecular formula is C16H22ClN3O. The van der Waals surface area contributed by atoms with Gasteiger partial charge in [0, 0.05) is 6.04 Å². The summed E-state index contributed by atoms with van der Waals surface area (Å²) in [4.78, 5) is 16.5. The van der Waals surface area contributed by atoms with Crippen LogP contribution in [0.2, 0.25) is 5.15 Å². The Balaban J connectivity index is 1.86. The minimum absolute atomic E-state index is 0.119. The highest BCUT2D eigenvalue weighted by Crippen LogP contribution is 2.62. The van der Waals surface area contributed by atoms with Crippen LogP contribution < -0.4 is 11.1 Å². The molecule has 0 aromatic carbocycles. The van der Waals surface area contributed by atoms with E-state index >= 15 is 0 Å². The average molecular weight is 308 g/mol. The van der Waals surface area contributed by atoms with Crippen molar-refractivity contribution in [1.82, 2.24) is 10.3 Å². The summed E-state index contributed by atoms with van der Waals surface area (Å²) >= 11 is 5.88. The summed E-state index contributed by atoms with van der Waals surface area (Å²) in [6.45, 7) is 6.81. The van der Waals surface area contributed by atoms with Crippen LogP contribution in [0.3, 0.4) is 0 Å². The van der Waals surface area contributed by atoms with Crippen LogP contribution in [-0.4, -0.2) is 16.9 Å². The van der Waals surface area contributed by atoms with Gasteiger partial charge in [0.25, 0.3) is 5.91 Å². The Morgan fingerprint density at radius 2 is 2.19 bits per heavy atom. The lowest BCUT2D eigenvalue weighted by Crippen LogP contribution is -2.52. The third-order valence-corrected chi connectivity index (χ3v) is 5.90. The van der Waals surface area contributed by atoms with Gasteiger partial charge in [0.1, 0.15) is 5.15 Å². The summed E-state index contributed by atoms with van der Waals surface area (Å²) in [5.74, 6) is 0.537. The number of pyridine rings is 1. The SMILES string of the molecule is CC12CCC(C1)C(C)(C)C2NC(=O)c1cc(Cl)ncc1N. The lowest BCUT2D eigenvalue weighted by molar-refractivity contribution is 0.0738. The monoisotopic (exact) mass is 307 g/mol. The highest BCUT2D eigenvalue weighted by Gasteiger charge is 2.59. The molecule has 3 rings (SSSR count). The maximum absolute atomic E-state index is 12.6. The predicted molar refractivity (Wildman–Crippen MR) is 84.1 cm³/mol. The van der Waals surface area contributed by atoms with Crippen LogP contribution in [0.4, 0.5) is 5.69 Å². The molecule has 1 aromatic heterocycles. The quantitative estimate of drug-likeness (QED) is 0.824. The van der Waals surface area contributed by atoms with E-state index < -0.39 is 0 Å². The van der Waals surface area contributed by atoms with E-state index in [9.17, 15) is 4.79 Å². The van der Waals surface area contributed by atoms with Crippen molar-refractivity contribution in [1.29, 1.82) is 0 Å². The van der Waals surface area contributed by atoms with Gasteiger partial charge >= 0.3 is 0 Å². The molecule has 0 radical (unpaired) electrons. The molecule has 4 nitrogen and oxygen atoms in total. The molecule has 2 saturated carbocycles. The molecular weight excluding hydrogens is 286 g/mol. The third-order valence-electron chi connectivity index (χ3n) is 5.69. The number of nitrogen functional groups attached to an aromatic ring is 1. The Morgan fingerprint density at radius 3 is 2.81 bits per heavy atom. The summed E-state index contributed by atoms with van der Waals surface area (Å²) in [5, 5.41) is 3.51. The fourth-order valence-corrected chi connectivity index (χ4v) is 4.67. The van der Waals surface area contributed by atoms with Gasteiger partial charge in [-0.3, -0.25) is 4.79 Å². The average Bonchev–Trinajstić information content (AvgIpc) is 2.88. The first kappa shape index (κ1) is 14.6. The van der Waals surface area contributed by atoms with Crippen molar-refractivity contribution < 1.29 is 4.79 Å². The number of carbonyl (C=O) groups is 1. The highest BCUT2D eigenvalue weighted by atomic mass is 35.5. The second-order valence-corrected chi connectivity index (χ2v) is 7.80. The number of hydrogen-bond acceptors (Lipinski definition) is 3. The number of anilines is 1. The van der Waals surface area contributed by atoms with Gasteiger partial charge in [-0.05, 0) is 42.1 Å². The lowest BCUT2D eigenvalue weighted by atomic mass is 9.68. The summed E-state index contributed by atoms with van der Waals surface area (Å²) in [6.07, 6.45) is 5.07. The number of nitrogens with zero attached hydrogens (tertiary/aromatic N) is 1. The van der Waals surface area contributed by atoms with Gasteiger partial charge in [0.2, 0.25) is 0 Å². The topological polar surface area (TPSA) is 68.0 Å². The summed E-state index contributed by atoms with van der Waals surface area (Å²) in [5.41, 5.74) is 6.95. The molecule has 0 aliphatic heterocycles. The van der Waals surface area contributed by atoms with Crippen LogP contribution in [0.5, 0.6) is 0 Å². The number of halogens is 1. The lowest BCUT2D eigenvalue weighted by Gasteiger charge is -2.43. The molecule has 3 unspecified atom stereocenters. The third kappa shape index (κ3) is 2.20. The number of aromatic nitrogens is 1. The van der Waals surface area contributed by atoms with Gasteiger partial charge in [0.15, 0.2) is 0 Å². The highest BCUT2D eigenvalue weighted by molar-refractivity contribution is 6.29. The molecule has 3 N–H and O–H groups in total. The van der Waals surface area contributed by atoms with E-state index in [1.54, 1.807) is 0 Å². The number of hydrogen-bond donors (Lipinski definition) is 2. The van der Waals surface area contributed by atoms with E-state index in [4.69, 9.17) is 17.3 Å². The van der Waals surface area contributed by atoms with E-state index in [2.05, 4.69) is 31.1 Å². The zero-order chi connectivity index (χ0) is 15.4. The number of fused-ring (bicyclic) bond motifs is 2. The van der Waals surface area contributed by atoms with E-state index in [1.807, 2.05) is 0 Å². The molecule has 3 atom stereocenters. The van der Waals surface area contributed by atoms with Crippen LogP contribution in [-0.2, 0) is 0 Å². The summed E-state index contributed by atoms with van der Waals surface area (Å²) < 4.78 is 0. The van der Waals surface area contributed by atoms with Gasteiger partial charge in [-0.2, -0.15) is 0 Å². The molecule has 2 bridgehead atoms. The fourth-order valence-electron chi connectivity index (χ4n) is 4.51. The first-order valence-electron chi connectivity index (χ1n) is 7.46. The molecule has 2 aliphatic carbocycles. The molecule has 2 aliphatic rings. The zero-order valence-electron chi connectivity index (χ0n) is 12.7. The van der Waals surface area contributed by atoms with Crippen LogP contribution >= 0.6 is 11.6 Å². The molecule has 0 saturated heterocycles. The van der Waals surface area contributed by atoms with Crippen molar-refractivity contribution in [2.45, 2.75) is 46.1 Å². The second kappa shape index (κ2) is 4.60. The first-order valence-corrected chi connectivity index (χ1v) is 7.84. The fraction of sp³-hybridized carbons (Fsp3) is 0.625. The second-order valence-electron chi connectivity index (χ2n) is 7.42. The van der Waals surface area contributed by atoms with Crippen LogP contribution in [0, 0.1) is 16.7 Å². The Hall–Kier alpha value is -1.29. The smallest absolute Gasteiger partial charge is 0.253 e. The van der Waals surface area contributed by atoms with E-state index in [-0.39, 0.29) is 27.9 Å². The first-order chi connectivity index (χ1) is 9.74. The van der Waals surface area contributed by atoms with Crippen molar-refractivity contribution in [2.24, 2.45) is 16.7 Å². The maximum atomic E-state index is 12.6. The molecule has 21 heavy (non-hydrogen) atoms. The number of rotatable bonds is 2.